The Morgan fingerprint density at radius 1 is 1.11 bits per heavy atom. The third-order valence-electron chi connectivity index (χ3n) is 7.45. The molecule has 3 N–H and O–H groups in total. The van der Waals surface area contributed by atoms with E-state index in [2.05, 4.69) is 24.1 Å². The lowest BCUT2D eigenvalue weighted by atomic mass is 9.84. The van der Waals surface area contributed by atoms with Gasteiger partial charge in [-0.2, -0.15) is 9.12 Å². The molecule has 0 spiro atoms. The first-order valence-electron chi connectivity index (χ1n) is 12.6. The molecular formula is C30H27FN4O3. The third-order valence-corrected chi connectivity index (χ3v) is 7.45. The Morgan fingerprint density at radius 3 is 2.55 bits per heavy atom. The van der Waals surface area contributed by atoms with Crippen molar-refractivity contribution in [3.63, 3.8) is 0 Å². The second kappa shape index (κ2) is 8.92. The number of carbonyl (C=O) groups is 1. The van der Waals surface area contributed by atoms with Gasteiger partial charge in [0, 0.05) is 23.9 Å². The molecule has 0 aliphatic carbocycles. The molecule has 8 heteroatoms. The van der Waals surface area contributed by atoms with Gasteiger partial charge in [0.1, 0.15) is 18.0 Å². The number of fused-ring (bicyclic) bond motifs is 8. The zero-order valence-electron chi connectivity index (χ0n) is 21.3. The highest BCUT2D eigenvalue weighted by atomic mass is 19.1. The molecule has 4 heterocycles. The summed E-state index contributed by atoms with van der Waals surface area (Å²) in [4.78, 5) is 17.5. The second-order valence-corrected chi connectivity index (χ2v) is 10.2. The molecule has 0 saturated heterocycles. The number of hydrogen-bond donors (Lipinski definition) is 2. The van der Waals surface area contributed by atoms with E-state index >= 15 is 0 Å². The summed E-state index contributed by atoms with van der Waals surface area (Å²) in [6, 6.07) is 15.6. The van der Waals surface area contributed by atoms with Crippen molar-refractivity contribution in [1.29, 1.82) is 0 Å². The highest BCUT2D eigenvalue weighted by molar-refractivity contribution is 5.94. The van der Waals surface area contributed by atoms with Crippen LogP contribution in [0, 0.1) is 17.9 Å². The minimum atomic E-state index is -0.585. The first kappa shape index (κ1) is 24.1. The maximum absolute atomic E-state index is 14.5. The molecule has 2 atom stereocenters. The monoisotopic (exact) mass is 510 g/mol. The summed E-state index contributed by atoms with van der Waals surface area (Å²) in [5, 5.41) is 15.3. The fourth-order valence-corrected chi connectivity index (χ4v) is 5.63. The lowest BCUT2D eigenvalue weighted by Crippen LogP contribution is -2.29. The van der Waals surface area contributed by atoms with Crippen LogP contribution in [-0.4, -0.2) is 10.9 Å². The molecule has 0 fully saturated rings. The highest BCUT2D eigenvalue weighted by Gasteiger charge is 2.43. The van der Waals surface area contributed by atoms with Gasteiger partial charge >= 0.3 is 0 Å². The summed E-state index contributed by atoms with van der Waals surface area (Å²) in [6.45, 7) is 6.41. The van der Waals surface area contributed by atoms with Gasteiger partial charge < -0.3 is 21.0 Å². The number of nitrogens with zero attached hydrogens (tertiary/aromatic N) is 2. The molecule has 2 aromatic heterocycles. The quantitative estimate of drug-likeness (QED) is 0.291. The van der Waals surface area contributed by atoms with Crippen LogP contribution < -0.4 is 15.8 Å². The predicted molar refractivity (Wildman–Crippen MR) is 141 cm³/mol. The van der Waals surface area contributed by atoms with Crippen LogP contribution in [0.4, 0.5) is 10.2 Å². The molecule has 2 bridgehead atoms. The Labute approximate surface area is 219 Å². The number of benzene rings is 2. The molecule has 0 saturated carbocycles. The van der Waals surface area contributed by atoms with E-state index in [4.69, 9.17) is 10.5 Å². The Kier molecular flexibility index (Phi) is 5.65. The summed E-state index contributed by atoms with van der Waals surface area (Å²) >= 11 is 0. The van der Waals surface area contributed by atoms with E-state index in [-0.39, 0.29) is 29.7 Å². The van der Waals surface area contributed by atoms with Crippen LogP contribution >= 0.6 is 0 Å². The van der Waals surface area contributed by atoms with E-state index < -0.39 is 5.82 Å². The van der Waals surface area contributed by atoms with E-state index in [1.807, 2.05) is 43.3 Å². The molecule has 6 rings (SSSR count). The number of anilines is 1. The zero-order valence-corrected chi connectivity index (χ0v) is 21.3. The maximum atomic E-state index is 14.5. The van der Waals surface area contributed by atoms with Crippen molar-refractivity contribution in [2.45, 2.75) is 45.4 Å². The molecular weight excluding hydrogens is 483 g/mol. The van der Waals surface area contributed by atoms with Crippen LogP contribution in [0.15, 0.2) is 60.8 Å². The van der Waals surface area contributed by atoms with Gasteiger partial charge in [-0.05, 0) is 82.6 Å². The van der Waals surface area contributed by atoms with Crippen molar-refractivity contribution in [2.24, 2.45) is 0 Å². The molecule has 192 valence electrons. The number of aromatic nitrogens is 2. The van der Waals surface area contributed by atoms with Crippen molar-refractivity contribution in [3.05, 3.63) is 116 Å². The fourth-order valence-electron chi connectivity index (χ4n) is 5.63. The normalized spacial score (nSPS) is 17.0. The van der Waals surface area contributed by atoms with Gasteiger partial charge in [0.2, 0.25) is 0 Å². The summed E-state index contributed by atoms with van der Waals surface area (Å²) in [7, 11) is 0. The van der Waals surface area contributed by atoms with Gasteiger partial charge in [0.05, 0.1) is 5.56 Å². The van der Waals surface area contributed by atoms with Gasteiger partial charge in [0.15, 0.2) is 12.0 Å². The summed E-state index contributed by atoms with van der Waals surface area (Å²) < 4.78 is 21.3. The van der Waals surface area contributed by atoms with Gasteiger partial charge in [-0.25, -0.2) is 4.98 Å². The number of carbonyl (C=O) groups excluding carboxylic acids is 1. The summed E-state index contributed by atoms with van der Waals surface area (Å²) in [6.07, 6.45) is 0.634. The van der Waals surface area contributed by atoms with Crippen LogP contribution in [0.25, 0.3) is 11.3 Å². The van der Waals surface area contributed by atoms with Crippen molar-refractivity contribution in [3.8, 4) is 11.3 Å². The predicted octanol–water partition coefficient (Wildman–Crippen LogP) is 4.99. The molecule has 0 unspecified atom stereocenters. The average Bonchev–Trinajstić information content (AvgIpc) is 3.44. The average molecular weight is 511 g/mol. The van der Waals surface area contributed by atoms with E-state index in [1.54, 1.807) is 6.07 Å². The van der Waals surface area contributed by atoms with E-state index in [9.17, 15) is 14.4 Å². The number of halogens is 1. The number of aryl methyl sites for hydroxylation is 1. The standard InChI is InChI=1S/C30H27FN4O3/c1-15(2)21-13-26(32)34-16(3)24(21)14-33-30(36)18-7-9-20-23(12-18)29-22-11-17(6-8-19(22)28(20)38-29)27-25(31)5-4-10-35(27)37/h4-13,15,28-29H,14H2,1-3H3,(H2,32,34)(H,33,36)/t28-,29+/m0/s1. The smallest absolute Gasteiger partial charge is 0.259 e. The Balaban J connectivity index is 1.27. The fraction of sp³-hybridized carbons (Fsp3) is 0.233. The van der Waals surface area contributed by atoms with Gasteiger partial charge in [0.25, 0.3) is 11.6 Å². The number of amides is 1. The minimum absolute atomic E-state index is 0.0281. The van der Waals surface area contributed by atoms with Crippen molar-refractivity contribution in [2.75, 3.05) is 5.73 Å². The van der Waals surface area contributed by atoms with Crippen LogP contribution in [0.1, 0.15) is 81.4 Å². The first-order chi connectivity index (χ1) is 18.2. The van der Waals surface area contributed by atoms with Gasteiger partial charge in [-0.15, -0.1) is 0 Å². The Bertz CT molecular complexity index is 1600. The van der Waals surface area contributed by atoms with Crippen molar-refractivity contribution in [1.82, 2.24) is 10.3 Å². The molecule has 2 aliphatic heterocycles. The molecule has 38 heavy (non-hydrogen) atoms. The number of nitrogen functional groups attached to an aromatic ring is 1. The second-order valence-electron chi connectivity index (χ2n) is 10.2. The highest BCUT2D eigenvalue weighted by Crippen LogP contribution is 2.54. The topological polar surface area (TPSA) is 104 Å². The van der Waals surface area contributed by atoms with Crippen molar-refractivity contribution < 1.29 is 18.7 Å². The van der Waals surface area contributed by atoms with Gasteiger partial charge in [-0.3, -0.25) is 4.79 Å². The van der Waals surface area contributed by atoms with E-state index in [1.165, 1.54) is 18.3 Å². The lowest BCUT2D eigenvalue weighted by molar-refractivity contribution is -0.595. The van der Waals surface area contributed by atoms with Crippen LogP contribution in [0.3, 0.4) is 0 Å². The number of nitrogens with one attached hydrogen (secondary N) is 1. The SMILES string of the molecule is Cc1nc(N)cc(C(C)C)c1CNC(=O)c1ccc2c(c1)[C@@H]1O[C@H]2c2ccc(-c3c(F)ccc[n+]3[O-])cc21. The van der Waals surface area contributed by atoms with Gasteiger partial charge in [-0.1, -0.05) is 26.0 Å². The zero-order chi connectivity index (χ0) is 26.7. The molecule has 2 aromatic carbocycles. The molecule has 2 aliphatic rings. The Hall–Kier alpha value is -4.30. The number of pyridine rings is 2. The van der Waals surface area contributed by atoms with Crippen LogP contribution in [0.2, 0.25) is 0 Å². The number of nitrogens with two attached hydrogens (primary N) is 1. The third kappa shape index (κ3) is 3.80. The first-order valence-corrected chi connectivity index (χ1v) is 12.6. The summed E-state index contributed by atoms with van der Waals surface area (Å²) in [5.41, 5.74) is 13.5. The Morgan fingerprint density at radius 2 is 1.82 bits per heavy atom. The van der Waals surface area contributed by atoms with Crippen LogP contribution in [-0.2, 0) is 11.3 Å². The molecule has 7 nitrogen and oxygen atoms in total. The minimum Gasteiger partial charge on any atom is -0.618 e. The summed E-state index contributed by atoms with van der Waals surface area (Å²) in [5.74, 6) is -0.0743. The van der Waals surface area contributed by atoms with Crippen LogP contribution in [0.5, 0.6) is 0 Å². The number of hydrogen-bond acceptors (Lipinski definition) is 5. The van der Waals surface area contributed by atoms with E-state index in [0.717, 1.165) is 39.1 Å². The van der Waals surface area contributed by atoms with E-state index in [0.29, 0.717) is 28.2 Å². The lowest BCUT2D eigenvalue weighted by Gasteiger charge is -2.18. The van der Waals surface area contributed by atoms with Crippen molar-refractivity contribution >= 4 is 11.7 Å². The largest absolute Gasteiger partial charge is 0.618 e. The maximum Gasteiger partial charge on any atom is 0.259 e. The number of ether oxygens (including phenoxy) is 1. The molecule has 4 aromatic rings. The molecule has 1 amide bonds. The number of rotatable bonds is 5. The molecule has 0 radical (unpaired) electrons.